The first-order valence-electron chi connectivity index (χ1n) is 9.43. The molecule has 2 heterocycles. The fourth-order valence-electron chi connectivity index (χ4n) is 3.59. The van der Waals surface area contributed by atoms with Gasteiger partial charge in [0, 0.05) is 29.1 Å². The average Bonchev–Trinajstić information content (AvgIpc) is 2.70. The number of likely N-dealkylation sites (tertiary alicyclic amines) is 1. The first-order chi connectivity index (χ1) is 13.5. The molecule has 1 amide bonds. The smallest absolute Gasteiger partial charge is 0.257 e. The monoisotopic (exact) mass is 441 g/mol. The highest BCUT2D eigenvalue weighted by molar-refractivity contribution is 9.10. The molecule has 0 aliphatic carbocycles. The van der Waals surface area contributed by atoms with Crippen LogP contribution in [0.4, 0.5) is 15.8 Å². The molecule has 4 rings (SSSR count). The molecule has 1 saturated heterocycles. The third kappa shape index (κ3) is 3.74. The maximum Gasteiger partial charge on any atom is 0.257 e. The molecule has 4 nitrogen and oxygen atoms in total. The minimum absolute atomic E-state index is 0.0657. The molecule has 0 spiro atoms. The molecular formula is C22H21BrFN3O. The molecular weight excluding hydrogens is 421 g/mol. The molecule has 0 atom stereocenters. The lowest BCUT2D eigenvalue weighted by molar-refractivity contribution is 0.0725. The van der Waals surface area contributed by atoms with E-state index >= 15 is 0 Å². The Balaban J connectivity index is 1.84. The zero-order valence-corrected chi connectivity index (χ0v) is 17.2. The van der Waals surface area contributed by atoms with Crippen LogP contribution in [-0.2, 0) is 0 Å². The molecule has 1 aliphatic heterocycles. The Bertz CT molecular complexity index is 1050. The van der Waals surface area contributed by atoms with Crippen molar-refractivity contribution in [3.05, 3.63) is 64.0 Å². The van der Waals surface area contributed by atoms with Crippen LogP contribution in [-0.4, -0.2) is 28.9 Å². The van der Waals surface area contributed by atoms with Crippen LogP contribution in [0.2, 0.25) is 0 Å². The summed E-state index contributed by atoms with van der Waals surface area (Å²) in [6, 6.07) is 10.4. The van der Waals surface area contributed by atoms with Crippen LogP contribution < -0.4 is 5.32 Å². The molecule has 28 heavy (non-hydrogen) atoms. The lowest BCUT2D eigenvalue weighted by atomic mass is 10.1. The molecule has 1 aromatic heterocycles. The van der Waals surface area contributed by atoms with E-state index in [-0.39, 0.29) is 11.7 Å². The molecule has 0 radical (unpaired) electrons. The molecule has 1 fully saturated rings. The number of carbonyl (C=O) groups is 1. The molecule has 144 valence electrons. The van der Waals surface area contributed by atoms with Crippen LogP contribution in [0.25, 0.3) is 10.9 Å². The minimum atomic E-state index is -0.358. The largest absolute Gasteiger partial charge is 0.353 e. The maximum atomic E-state index is 14.0. The van der Waals surface area contributed by atoms with Crippen LogP contribution in [0.3, 0.4) is 0 Å². The quantitative estimate of drug-likeness (QED) is 0.557. The highest BCUT2D eigenvalue weighted by Gasteiger charge is 2.23. The number of anilines is 2. The van der Waals surface area contributed by atoms with E-state index in [4.69, 9.17) is 0 Å². The molecule has 2 aromatic carbocycles. The summed E-state index contributed by atoms with van der Waals surface area (Å²) < 4.78 is 14.9. The normalized spacial score (nSPS) is 14.3. The van der Waals surface area contributed by atoms with E-state index in [1.165, 1.54) is 12.1 Å². The molecule has 0 bridgehead atoms. The lowest BCUT2D eigenvalue weighted by Crippen LogP contribution is -2.36. The molecule has 6 heteroatoms. The number of hydrogen-bond acceptors (Lipinski definition) is 3. The van der Waals surface area contributed by atoms with Gasteiger partial charge in [-0.2, -0.15) is 0 Å². The van der Waals surface area contributed by atoms with Gasteiger partial charge in [-0.1, -0.05) is 6.07 Å². The van der Waals surface area contributed by atoms with Crippen molar-refractivity contribution in [2.24, 2.45) is 0 Å². The van der Waals surface area contributed by atoms with Crippen molar-refractivity contribution in [2.75, 3.05) is 18.4 Å². The molecule has 0 unspecified atom stereocenters. The summed E-state index contributed by atoms with van der Waals surface area (Å²) in [4.78, 5) is 19.5. The second-order valence-corrected chi connectivity index (χ2v) is 8.02. The third-order valence-corrected chi connectivity index (χ3v) is 5.74. The fourth-order valence-corrected chi connectivity index (χ4v) is 4.18. The Labute approximate surface area is 171 Å². The number of nitrogens with zero attached hydrogens (tertiary/aromatic N) is 2. The number of piperidine rings is 1. The third-order valence-electron chi connectivity index (χ3n) is 5.09. The number of aromatic nitrogens is 1. The van der Waals surface area contributed by atoms with Crippen molar-refractivity contribution >= 4 is 44.1 Å². The standard InChI is InChI=1S/C22H21BrFN3O/c1-14-5-7-20(18(23)11-14)26-21-16-12-15(24)6-8-19(16)25-13-17(21)22(28)27-9-3-2-4-10-27/h5-8,11-13H,2-4,9-10H2,1H3,(H,25,26). The van der Waals surface area contributed by atoms with Crippen LogP contribution in [0.1, 0.15) is 35.2 Å². The Kier molecular flexibility index (Phi) is 5.31. The van der Waals surface area contributed by atoms with E-state index in [9.17, 15) is 9.18 Å². The summed E-state index contributed by atoms with van der Waals surface area (Å²) >= 11 is 3.57. The first-order valence-corrected chi connectivity index (χ1v) is 10.2. The zero-order valence-electron chi connectivity index (χ0n) is 15.6. The van der Waals surface area contributed by atoms with Crippen molar-refractivity contribution in [1.82, 2.24) is 9.88 Å². The van der Waals surface area contributed by atoms with Crippen molar-refractivity contribution < 1.29 is 9.18 Å². The lowest BCUT2D eigenvalue weighted by Gasteiger charge is -2.28. The summed E-state index contributed by atoms with van der Waals surface area (Å²) in [5, 5.41) is 3.95. The number of hydrogen-bond donors (Lipinski definition) is 1. The number of rotatable bonds is 3. The Hall–Kier alpha value is -2.47. The number of pyridine rings is 1. The predicted octanol–water partition coefficient (Wildman–Crippen LogP) is 5.81. The molecule has 1 aliphatic rings. The molecule has 1 N–H and O–H groups in total. The van der Waals surface area contributed by atoms with E-state index in [0.29, 0.717) is 22.2 Å². The van der Waals surface area contributed by atoms with Gasteiger partial charge in [0.25, 0.3) is 5.91 Å². The van der Waals surface area contributed by atoms with Crippen LogP contribution in [0, 0.1) is 12.7 Å². The van der Waals surface area contributed by atoms with Crippen LogP contribution in [0.15, 0.2) is 47.1 Å². The van der Waals surface area contributed by atoms with Crippen molar-refractivity contribution in [1.29, 1.82) is 0 Å². The topological polar surface area (TPSA) is 45.2 Å². The number of carbonyl (C=O) groups excluding carboxylic acids is 1. The highest BCUT2D eigenvalue weighted by atomic mass is 79.9. The van der Waals surface area contributed by atoms with Crippen molar-refractivity contribution in [3.63, 3.8) is 0 Å². The van der Waals surface area contributed by atoms with Crippen LogP contribution >= 0.6 is 15.9 Å². The zero-order chi connectivity index (χ0) is 19.7. The van der Waals surface area contributed by atoms with Gasteiger partial charge in [0.15, 0.2) is 0 Å². The summed E-state index contributed by atoms with van der Waals surface area (Å²) in [5.74, 6) is -0.424. The van der Waals surface area contributed by atoms with E-state index in [1.54, 1.807) is 12.3 Å². The Morgan fingerprint density at radius 3 is 2.68 bits per heavy atom. The van der Waals surface area contributed by atoms with Gasteiger partial charge >= 0.3 is 0 Å². The number of aryl methyl sites for hydroxylation is 1. The second-order valence-electron chi connectivity index (χ2n) is 7.17. The SMILES string of the molecule is Cc1ccc(Nc2c(C(=O)N3CCCCC3)cnc3ccc(F)cc23)c(Br)c1. The fraction of sp³-hybridized carbons (Fsp3) is 0.273. The van der Waals surface area contributed by atoms with E-state index < -0.39 is 0 Å². The number of fused-ring (bicyclic) bond motifs is 1. The summed E-state index contributed by atoms with van der Waals surface area (Å²) in [6.07, 6.45) is 4.76. The van der Waals surface area contributed by atoms with Gasteiger partial charge in [0.05, 0.1) is 22.5 Å². The second kappa shape index (κ2) is 7.87. The first kappa shape index (κ1) is 18.9. The van der Waals surface area contributed by atoms with Gasteiger partial charge in [0.1, 0.15) is 5.82 Å². The number of halogens is 2. The van der Waals surface area contributed by atoms with Crippen molar-refractivity contribution in [3.8, 4) is 0 Å². The van der Waals surface area contributed by atoms with E-state index in [1.807, 2.05) is 30.0 Å². The Morgan fingerprint density at radius 2 is 1.93 bits per heavy atom. The van der Waals surface area contributed by atoms with Gasteiger partial charge in [-0.05, 0) is 78.0 Å². The number of benzene rings is 2. The minimum Gasteiger partial charge on any atom is -0.353 e. The summed E-state index contributed by atoms with van der Waals surface area (Å²) in [7, 11) is 0. The van der Waals surface area contributed by atoms with Gasteiger partial charge in [-0.15, -0.1) is 0 Å². The van der Waals surface area contributed by atoms with Gasteiger partial charge in [0.2, 0.25) is 0 Å². The highest BCUT2D eigenvalue weighted by Crippen LogP contribution is 2.34. The number of nitrogens with one attached hydrogen (secondary N) is 1. The van der Waals surface area contributed by atoms with E-state index in [2.05, 4.69) is 26.2 Å². The van der Waals surface area contributed by atoms with E-state index in [0.717, 1.165) is 48.1 Å². The van der Waals surface area contributed by atoms with Gasteiger partial charge in [-0.25, -0.2) is 4.39 Å². The van der Waals surface area contributed by atoms with Gasteiger partial charge < -0.3 is 10.2 Å². The average molecular weight is 442 g/mol. The molecule has 0 saturated carbocycles. The Morgan fingerprint density at radius 1 is 1.14 bits per heavy atom. The summed E-state index contributed by atoms with van der Waals surface area (Å²) in [6.45, 7) is 3.50. The van der Waals surface area contributed by atoms with Crippen molar-refractivity contribution in [2.45, 2.75) is 26.2 Å². The number of amides is 1. The molecule has 3 aromatic rings. The van der Waals surface area contributed by atoms with Crippen LogP contribution in [0.5, 0.6) is 0 Å². The van der Waals surface area contributed by atoms with Gasteiger partial charge in [-0.3, -0.25) is 9.78 Å². The predicted molar refractivity (Wildman–Crippen MR) is 114 cm³/mol. The summed E-state index contributed by atoms with van der Waals surface area (Å²) in [5.41, 5.74) is 3.63. The maximum absolute atomic E-state index is 14.0.